The smallest absolute Gasteiger partial charge is 0.147 e. The largest absolute Gasteiger partial charge is 0.496 e. The average Bonchev–Trinajstić information content (AvgIpc) is 2.92. The minimum absolute atomic E-state index is 0.614. The van der Waals surface area contributed by atoms with Crippen molar-refractivity contribution in [1.82, 2.24) is 5.43 Å². The molecule has 2 aromatic rings. The molecular weight excluding hydrogens is 252 g/mol. The quantitative estimate of drug-likeness (QED) is 0.621. The zero-order valence-electron chi connectivity index (χ0n) is 11.9. The third-order valence-corrected chi connectivity index (χ3v) is 2.92. The van der Waals surface area contributed by atoms with E-state index in [4.69, 9.17) is 9.15 Å². The van der Waals surface area contributed by atoms with Gasteiger partial charge in [-0.1, -0.05) is 25.1 Å². The molecule has 0 unspecified atom stereocenters. The minimum atomic E-state index is 0.614. The maximum atomic E-state index is 5.61. The summed E-state index contributed by atoms with van der Waals surface area (Å²) in [5.41, 5.74) is 4.06. The van der Waals surface area contributed by atoms with E-state index in [2.05, 4.69) is 17.5 Å². The summed E-state index contributed by atoms with van der Waals surface area (Å²) in [6, 6.07) is 11.8. The molecule has 0 fully saturated rings. The molecule has 0 atom stereocenters. The molecule has 0 saturated heterocycles. The Morgan fingerprint density at radius 1 is 1.25 bits per heavy atom. The number of hydrazone groups is 1. The van der Waals surface area contributed by atoms with Crippen LogP contribution in [0.1, 0.15) is 30.4 Å². The Labute approximate surface area is 119 Å². The fourth-order valence-electron chi connectivity index (χ4n) is 1.93. The first-order valence-corrected chi connectivity index (χ1v) is 6.80. The molecule has 0 aliphatic carbocycles. The van der Waals surface area contributed by atoms with Gasteiger partial charge < -0.3 is 14.6 Å². The third-order valence-electron chi connectivity index (χ3n) is 2.92. The van der Waals surface area contributed by atoms with Gasteiger partial charge in [-0.25, -0.2) is 0 Å². The molecular formula is C16H20N2O2. The predicted octanol–water partition coefficient (Wildman–Crippen LogP) is 3.36. The molecule has 0 saturated carbocycles. The highest BCUT2D eigenvalue weighted by Gasteiger charge is 2.00. The molecule has 1 N–H and O–H groups in total. The molecule has 1 aromatic carbocycles. The Morgan fingerprint density at radius 3 is 2.90 bits per heavy atom. The number of ether oxygens (including phenoxy) is 1. The van der Waals surface area contributed by atoms with Crippen LogP contribution in [0, 0.1) is 0 Å². The zero-order chi connectivity index (χ0) is 14.2. The number of methoxy groups -OCH3 is 1. The lowest BCUT2D eigenvalue weighted by molar-refractivity contribution is 0.408. The van der Waals surface area contributed by atoms with Gasteiger partial charge in [-0.3, -0.25) is 0 Å². The summed E-state index contributed by atoms with van der Waals surface area (Å²) >= 11 is 0. The number of hydrogen-bond donors (Lipinski definition) is 1. The van der Waals surface area contributed by atoms with Crippen molar-refractivity contribution in [1.29, 1.82) is 0 Å². The van der Waals surface area contributed by atoms with E-state index in [-0.39, 0.29) is 0 Å². The standard InChI is InChI=1S/C16H20N2O2/c1-3-6-14-9-10-15(20-14)12-18-17-11-13-7-4-5-8-16(13)19-2/h4-5,7-10,12,17H,3,6,11H2,1-2H3/b18-12+. The first-order valence-electron chi connectivity index (χ1n) is 6.80. The van der Waals surface area contributed by atoms with Crippen LogP contribution in [0.2, 0.25) is 0 Å². The Hall–Kier alpha value is -2.23. The van der Waals surface area contributed by atoms with E-state index in [1.54, 1.807) is 13.3 Å². The van der Waals surface area contributed by atoms with Crippen molar-refractivity contribution in [3.63, 3.8) is 0 Å². The second-order valence-corrected chi connectivity index (χ2v) is 4.46. The highest BCUT2D eigenvalue weighted by molar-refractivity contribution is 5.75. The van der Waals surface area contributed by atoms with Crippen LogP contribution in [-0.2, 0) is 13.0 Å². The molecule has 1 aromatic heterocycles. The van der Waals surface area contributed by atoms with Gasteiger partial charge in [0, 0.05) is 12.0 Å². The van der Waals surface area contributed by atoms with Crippen LogP contribution >= 0.6 is 0 Å². The number of para-hydroxylation sites is 1. The van der Waals surface area contributed by atoms with Crippen molar-refractivity contribution >= 4 is 6.21 Å². The van der Waals surface area contributed by atoms with E-state index in [0.29, 0.717) is 6.54 Å². The molecule has 4 nitrogen and oxygen atoms in total. The number of furan rings is 1. The summed E-state index contributed by atoms with van der Waals surface area (Å²) in [6.07, 6.45) is 3.73. The summed E-state index contributed by atoms with van der Waals surface area (Å²) in [5.74, 6) is 2.62. The highest BCUT2D eigenvalue weighted by atomic mass is 16.5. The lowest BCUT2D eigenvalue weighted by Crippen LogP contribution is -2.06. The normalized spacial score (nSPS) is 10.9. The van der Waals surface area contributed by atoms with Gasteiger partial charge in [0.2, 0.25) is 0 Å². The Bertz CT molecular complexity index is 561. The number of nitrogens with one attached hydrogen (secondary N) is 1. The number of hydrogen-bond acceptors (Lipinski definition) is 4. The SMILES string of the molecule is CCCc1ccc(/C=N/NCc2ccccc2OC)o1. The van der Waals surface area contributed by atoms with Crippen LogP contribution < -0.4 is 10.2 Å². The number of nitrogens with zero attached hydrogens (tertiary/aromatic N) is 1. The van der Waals surface area contributed by atoms with Gasteiger partial charge in [0.05, 0.1) is 19.9 Å². The van der Waals surface area contributed by atoms with E-state index in [1.807, 2.05) is 36.4 Å². The molecule has 0 radical (unpaired) electrons. The first kappa shape index (κ1) is 14.2. The van der Waals surface area contributed by atoms with Gasteiger partial charge in [0.1, 0.15) is 17.3 Å². The van der Waals surface area contributed by atoms with Crippen LogP contribution in [0.5, 0.6) is 5.75 Å². The molecule has 0 aliphatic rings. The second kappa shape index (κ2) is 7.38. The van der Waals surface area contributed by atoms with Gasteiger partial charge in [0.25, 0.3) is 0 Å². The van der Waals surface area contributed by atoms with Crippen molar-refractivity contribution in [3.05, 3.63) is 53.5 Å². The van der Waals surface area contributed by atoms with Crippen molar-refractivity contribution in [2.24, 2.45) is 5.10 Å². The van der Waals surface area contributed by atoms with Crippen LogP contribution in [0.25, 0.3) is 0 Å². The monoisotopic (exact) mass is 272 g/mol. The third kappa shape index (κ3) is 3.88. The first-order chi connectivity index (χ1) is 9.83. The Balaban J connectivity index is 1.86. The van der Waals surface area contributed by atoms with Crippen molar-refractivity contribution in [2.75, 3.05) is 7.11 Å². The summed E-state index contributed by atoms with van der Waals surface area (Å²) in [4.78, 5) is 0. The summed E-state index contributed by atoms with van der Waals surface area (Å²) in [6.45, 7) is 2.74. The molecule has 0 amide bonds. The molecule has 0 spiro atoms. The lowest BCUT2D eigenvalue weighted by atomic mass is 10.2. The average molecular weight is 272 g/mol. The van der Waals surface area contributed by atoms with Gasteiger partial charge in [-0.2, -0.15) is 5.10 Å². The van der Waals surface area contributed by atoms with E-state index < -0.39 is 0 Å². The summed E-state index contributed by atoms with van der Waals surface area (Å²) in [5, 5.41) is 4.16. The molecule has 2 rings (SSSR count). The van der Waals surface area contributed by atoms with Crippen molar-refractivity contribution < 1.29 is 9.15 Å². The van der Waals surface area contributed by atoms with Crippen LogP contribution in [-0.4, -0.2) is 13.3 Å². The fraction of sp³-hybridized carbons (Fsp3) is 0.312. The van der Waals surface area contributed by atoms with Gasteiger partial charge >= 0.3 is 0 Å². The highest BCUT2D eigenvalue weighted by Crippen LogP contribution is 2.16. The molecule has 1 heterocycles. The van der Waals surface area contributed by atoms with Crippen LogP contribution in [0.3, 0.4) is 0 Å². The van der Waals surface area contributed by atoms with E-state index in [0.717, 1.165) is 35.7 Å². The number of aryl methyl sites for hydroxylation is 1. The Kier molecular flexibility index (Phi) is 5.24. The van der Waals surface area contributed by atoms with E-state index in [9.17, 15) is 0 Å². The minimum Gasteiger partial charge on any atom is -0.496 e. The molecule has 106 valence electrons. The van der Waals surface area contributed by atoms with Gasteiger partial charge in [0.15, 0.2) is 0 Å². The Morgan fingerprint density at radius 2 is 2.10 bits per heavy atom. The topological polar surface area (TPSA) is 46.8 Å². The predicted molar refractivity (Wildman–Crippen MR) is 80.1 cm³/mol. The van der Waals surface area contributed by atoms with E-state index >= 15 is 0 Å². The summed E-state index contributed by atoms with van der Waals surface area (Å²) in [7, 11) is 1.67. The van der Waals surface area contributed by atoms with Crippen LogP contribution in [0.15, 0.2) is 45.9 Å². The van der Waals surface area contributed by atoms with E-state index in [1.165, 1.54) is 0 Å². The molecule has 4 heteroatoms. The molecule has 0 bridgehead atoms. The summed E-state index contributed by atoms with van der Waals surface area (Å²) < 4.78 is 10.9. The van der Waals surface area contributed by atoms with Crippen molar-refractivity contribution in [3.8, 4) is 5.75 Å². The maximum absolute atomic E-state index is 5.61. The zero-order valence-corrected chi connectivity index (χ0v) is 11.9. The number of rotatable bonds is 7. The van der Waals surface area contributed by atoms with Gasteiger partial charge in [-0.15, -0.1) is 0 Å². The fourth-order valence-corrected chi connectivity index (χ4v) is 1.93. The molecule has 0 aliphatic heterocycles. The second-order valence-electron chi connectivity index (χ2n) is 4.46. The lowest BCUT2D eigenvalue weighted by Gasteiger charge is -2.06. The molecule has 20 heavy (non-hydrogen) atoms. The number of benzene rings is 1. The van der Waals surface area contributed by atoms with Crippen molar-refractivity contribution in [2.45, 2.75) is 26.3 Å². The maximum Gasteiger partial charge on any atom is 0.147 e. The van der Waals surface area contributed by atoms with Gasteiger partial charge in [-0.05, 0) is 24.6 Å². The van der Waals surface area contributed by atoms with Crippen LogP contribution in [0.4, 0.5) is 0 Å².